The van der Waals surface area contributed by atoms with Crippen LogP contribution in [0.1, 0.15) is 91.4 Å². The standard InChI is InChI=1S/C35H53NO6/c1-4-28-22-31-24-30-12-10-11-29(40-30)21-26(2)15-16-27(3)33(42-35(38)25-32(23-28)41-31)13-8-6-5-7-9-14-34(37)36-17-19-39-20-18-36/h4-6,8,13,15-16,26-27,29-33H,7,9-12,14,17-25H2,1-3H3. The first kappa shape index (κ1) is 32.7. The van der Waals surface area contributed by atoms with Gasteiger partial charge in [-0.25, -0.2) is 0 Å². The summed E-state index contributed by atoms with van der Waals surface area (Å²) >= 11 is 0. The maximum Gasteiger partial charge on any atom is 0.309 e. The van der Waals surface area contributed by atoms with Crippen LogP contribution in [-0.2, 0) is 28.5 Å². The average Bonchev–Trinajstić information content (AvgIpc) is 2.98. The SMILES string of the molecule is CC=C1CC2CC(=O)OC(C=CC=CCCCC(=O)N3CCOCC3)C(C)C=CC(C)CC3CCCC(CC(C1)O2)O3. The lowest BCUT2D eigenvalue weighted by Crippen LogP contribution is -2.40. The minimum atomic E-state index is -0.364. The van der Waals surface area contributed by atoms with E-state index in [0.717, 1.165) is 51.4 Å². The molecule has 7 atom stereocenters. The Bertz CT molecular complexity index is 980. The number of morpholine rings is 1. The number of carbonyl (C=O) groups is 2. The van der Waals surface area contributed by atoms with E-state index in [1.807, 2.05) is 23.1 Å². The minimum absolute atomic E-state index is 0.0336. The molecule has 0 saturated carbocycles. The van der Waals surface area contributed by atoms with Crippen molar-refractivity contribution in [2.24, 2.45) is 11.8 Å². The number of esters is 1. The molecule has 0 aromatic heterocycles. The fourth-order valence-electron chi connectivity index (χ4n) is 6.52. The van der Waals surface area contributed by atoms with Crippen LogP contribution < -0.4 is 0 Å². The summed E-state index contributed by atoms with van der Waals surface area (Å²) in [5, 5.41) is 0. The van der Waals surface area contributed by atoms with E-state index in [1.165, 1.54) is 12.0 Å². The maximum atomic E-state index is 13.2. The molecule has 1 amide bonds. The Kier molecular flexibility index (Phi) is 13.4. The zero-order valence-corrected chi connectivity index (χ0v) is 26.1. The Hall–Kier alpha value is -2.22. The second kappa shape index (κ2) is 17.2. The molecule has 4 aliphatic rings. The largest absolute Gasteiger partial charge is 0.457 e. The van der Waals surface area contributed by atoms with Crippen LogP contribution in [0.4, 0.5) is 0 Å². The summed E-state index contributed by atoms with van der Waals surface area (Å²) < 4.78 is 24.4. The number of carbonyl (C=O) groups excluding carboxylic acids is 2. The highest BCUT2D eigenvalue weighted by atomic mass is 16.6. The predicted molar refractivity (Wildman–Crippen MR) is 165 cm³/mol. The summed E-state index contributed by atoms with van der Waals surface area (Å²) in [4.78, 5) is 27.4. The summed E-state index contributed by atoms with van der Waals surface area (Å²) in [7, 11) is 0. The van der Waals surface area contributed by atoms with Crippen molar-refractivity contribution in [2.75, 3.05) is 26.3 Å². The topological polar surface area (TPSA) is 74.3 Å². The number of rotatable bonds is 6. The predicted octanol–water partition coefficient (Wildman–Crippen LogP) is 6.48. The molecule has 0 N–H and O–H groups in total. The highest BCUT2D eigenvalue weighted by Gasteiger charge is 2.32. The average molecular weight is 584 g/mol. The van der Waals surface area contributed by atoms with Gasteiger partial charge in [-0.15, -0.1) is 0 Å². The number of fused-ring (bicyclic) bond motifs is 4. The van der Waals surface area contributed by atoms with Crippen molar-refractivity contribution >= 4 is 11.9 Å². The normalized spacial score (nSPS) is 34.6. The lowest BCUT2D eigenvalue weighted by atomic mass is 9.90. The molecular formula is C35H53NO6. The first-order valence-electron chi connectivity index (χ1n) is 16.4. The van der Waals surface area contributed by atoms with Crippen LogP contribution in [-0.4, -0.2) is 73.6 Å². The van der Waals surface area contributed by atoms with E-state index in [2.05, 4.69) is 45.1 Å². The Morgan fingerprint density at radius 1 is 0.952 bits per heavy atom. The monoisotopic (exact) mass is 583 g/mol. The fourth-order valence-corrected chi connectivity index (χ4v) is 6.52. The first-order chi connectivity index (χ1) is 20.4. The second-order valence-corrected chi connectivity index (χ2v) is 12.6. The number of unbranched alkanes of at least 4 members (excludes halogenated alkanes) is 1. The van der Waals surface area contributed by atoms with Gasteiger partial charge in [-0.1, -0.05) is 55.9 Å². The van der Waals surface area contributed by atoms with Gasteiger partial charge < -0.3 is 23.8 Å². The van der Waals surface area contributed by atoms with Crippen LogP contribution in [0.5, 0.6) is 0 Å². The molecule has 4 aliphatic heterocycles. The van der Waals surface area contributed by atoms with Gasteiger partial charge in [0.1, 0.15) is 6.10 Å². The lowest BCUT2D eigenvalue weighted by molar-refractivity contribution is -0.154. The molecule has 0 aromatic carbocycles. The molecule has 4 bridgehead atoms. The van der Waals surface area contributed by atoms with Crippen molar-refractivity contribution in [3.63, 3.8) is 0 Å². The maximum absolute atomic E-state index is 13.2. The molecule has 3 saturated heterocycles. The molecule has 0 aromatic rings. The van der Waals surface area contributed by atoms with Crippen molar-refractivity contribution < 1.29 is 28.5 Å². The smallest absolute Gasteiger partial charge is 0.309 e. The summed E-state index contributed by atoms with van der Waals surface area (Å²) in [6.07, 6.45) is 24.2. The van der Waals surface area contributed by atoms with Crippen molar-refractivity contribution in [3.05, 3.63) is 48.1 Å². The van der Waals surface area contributed by atoms with Crippen molar-refractivity contribution in [3.8, 4) is 0 Å². The third-order valence-corrected chi connectivity index (χ3v) is 8.97. The molecule has 0 spiro atoms. The molecule has 234 valence electrons. The van der Waals surface area contributed by atoms with Gasteiger partial charge in [-0.2, -0.15) is 0 Å². The molecule has 7 unspecified atom stereocenters. The molecule has 4 rings (SSSR count). The Morgan fingerprint density at radius 2 is 1.69 bits per heavy atom. The third-order valence-electron chi connectivity index (χ3n) is 8.97. The van der Waals surface area contributed by atoms with E-state index >= 15 is 0 Å². The fraction of sp³-hybridized carbons (Fsp3) is 0.714. The van der Waals surface area contributed by atoms with Gasteiger partial charge in [0.2, 0.25) is 5.91 Å². The number of amides is 1. The lowest BCUT2D eigenvalue weighted by Gasteiger charge is -2.37. The van der Waals surface area contributed by atoms with Gasteiger partial charge >= 0.3 is 5.97 Å². The Labute approximate surface area is 253 Å². The number of cyclic esters (lactones) is 1. The minimum Gasteiger partial charge on any atom is -0.457 e. The zero-order valence-electron chi connectivity index (χ0n) is 26.1. The molecule has 3 fully saturated rings. The van der Waals surface area contributed by atoms with Crippen LogP contribution >= 0.6 is 0 Å². The van der Waals surface area contributed by atoms with E-state index in [4.69, 9.17) is 18.9 Å². The van der Waals surface area contributed by atoms with Crippen LogP contribution in [0.25, 0.3) is 0 Å². The summed E-state index contributed by atoms with van der Waals surface area (Å²) in [5.74, 6) is 0.408. The molecule has 7 nitrogen and oxygen atoms in total. The summed E-state index contributed by atoms with van der Waals surface area (Å²) in [5.41, 5.74) is 1.36. The number of ether oxygens (including phenoxy) is 4. The van der Waals surface area contributed by atoms with E-state index in [9.17, 15) is 9.59 Å². The molecule has 7 heteroatoms. The van der Waals surface area contributed by atoms with Gasteiger partial charge in [0.05, 0.1) is 44.1 Å². The quantitative estimate of drug-likeness (QED) is 0.154. The molecule has 4 heterocycles. The number of hydrogen-bond donors (Lipinski definition) is 0. The van der Waals surface area contributed by atoms with Crippen LogP contribution in [0.15, 0.2) is 48.1 Å². The van der Waals surface area contributed by atoms with Crippen molar-refractivity contribution in [1.29, 1.82) is 0 Å². The van der Waals surface area contributed by atoms with Crippen molar-refractivity contribution in [1.82, 2.24) is 4.90 Å². The summed E-state index contributed by atoms with van der Waals surface area (Å²) in [6.45, 7) is 9.09. The van der Waals surface area contributed by atoms with Gasteiger partial charge in [0.15, 0.2) is 0 Å². The highest BCUT2D eigenvalue weighted by Crippen LogP contribution is 2.33. The van der Waals surface area contributed by atoms with Crippen LogP contribution in [0, 0.1) is 11.8 Å². The van der Waals surface area contributed by atoms with Gasteiger partial charge in [0.25, 0.3) is 0 Å². The molecule has 0 aliphatic carbocycles. The van der Waals surface area contributed by atoms with Crippen molar-refractivity contribution in [2.45, 2.75) is 122 Å². The molecular weight excluding hydrogens is 530 g/mol. The Balaban J connectivity index is 1.37. The van der Waals surface area contributed by atoms with Gasteiger partial charge in [-0.05, 0) is 70.3 Å². The summed E-state index contributed by atoms with van der Waals surface area (Å²) in [6, 6.07) is 0. The van der Waals surface area contributed by atoms with Crippen LogP contribution in [0.2, 0.25) is 0 Å². The molecule has 0 radical (unpaired) electrons. The van der Waals surface area contributed by atoms with Crippen LogP contribution in [0.3, 0.4) is 0 Å². The third kappa shape index (κ3) is 10.8. The first-order valence-corrected chi connectivity index (χ1v) is 16.4. The van der Waals surface area contributed by atoms with Gasteiger partial charge in [-0.3, -0.25) is 9.59 Å². The van der Waals surface area contributed by atoms with E-state index < -0.39 is 0 Å². The van der Waals surface area contributed by atoms with E-state index in [1.54, 1.807) is 0 Å². The van der Waals surface area contributed by atoms with E-state index in [0.29, 0.717) is 38.6 Å². The second-order valence-electron chi connectivity index (χ2n) is 12.6. The Morgan fingerprint density at radius 3 is 2.48 bits per heavy atom. The number of nitrogens with zero attached hydrogens (tertiary/aromatic N) is 1. The van der Waals surface area contributed by atoms with Gasteiger partial charge in [0, 0.05) is 31.8 Å². The number of allylic oxidation sites excluding steroid dienone is 5. The zero-order chi connectivity index (χ0) is 29.7. The number of hydrogen-bond acceptors (Lipinski definition) is 6. The highest BCUT2D eigenvalue weighted by molar-refractivity contribution is 5.76. The molecule has 42 heavy (non-hydrogen) atoms. The van der Waals surface area contributed by atoms with E-state index in [-0.39, 0.29) is 54.7 Å².